The third-order valence-electron chi connectivity index (χ3n) is 3.89. The van der Waals surface area contributed by atoms with Crippen molar-refractivity contribution in [2.45, 2.75) is 6.54 Å². The Kier molecular flexibility index (Phi) is 2.12. The van der Waals surface area contributed by atoms with E-state index in [2.05, 4.69) is 35.2 Å². The fourth-order valence-corrected chi connectivity index (χ4v) is 2.95. The molecule has 2 nitrogen and oxygen atoms in total. The molecule has 0 aromatic heterocycles. The Morgan fingerprint density at radius 3 is 2.47 bits per heavy atom. The molecule has 0 aliphatic carbocycles. The molecule has 0 unspecified atom stereocenters. The van der Waals surface area contributed by atoms with Crippen molar-refractivity contribution in [3.05, 3.63) is 70.8 Å². The highest BCUT2D eigenvalue weighted by Gasteiger charge is 2.29. The SMILES string of the molecule is O=C1CN2Cc3ccccc3C=C2c2ccccc21. The molecule has 19 heavy (non-hydrogen) atoms. The molecule has 0 radical (unpaired) electrons. The second-order valence-corrected chi connectivity index (χ2v) is 5.05. The van der Waals surface area contributed by atoms with Crippen LogP contribution in [-0.4, -0.2) is 17.2 Å². The van der Waals surface area contributed by atoms with Crippen LogP contribution in [0.4, 0.5) is 0 Å². The Morgan fingerprint density at radius 1 is 0.842 bits per heavy atom. The molecular weight excluding hydrogens is 234 g/mol. The first kappa shape index (κ1) is 10.6. The number of fused-ring (bicyclic) bond motifs is 4. The summed E-state index contributed by atoms with van der Waals surface area (Å²) in [6.07, 6.45) is 2.20. The van der Waals surface area contributed by atoms with Crippen LogP contribution < -0.4 is 0 Å². The van der Waals surface area contributed by atoms with E-state index in [4.69, 9.17) is 0 Å². The van der Waals surface area contributed by atoms with Crippen molar-refractivity contribution in [1.82, 2.24) is 4.90 Å². The van der Waals surface area contributed by atoms with Gasteiger partial charge in [-0.1, -0.05) is 48.5 Å². The second-order valence-electron chi connectivity index (χ2n) is 5.05. The van der Waals surface area contributed by atoms with Gasteiger partial charge in [-0.15, -0.1) is 0 Å². The summed E-state index contributed by atoms with van der Waals surface area (Å²) < 4.78 is 0. The Morgan fingerprint density at radius 2 is 1.58 bits per heavy atom. The van der Waals surface area contributed by atoms with E-state index >= 15 is 0 Å². The quantitative estimate of drug-likeness (QED) is 0.712. The zero-order valence-corrected chi connectivity index (χ0v) is 10.5. The molecule has 4 rings (SSSR count). The largest absolute Gasteiger partial charge is 0.359 e. The lowest BCUT2D eigenvalue weighted by molar-refractivity contribution is 0.0948. The first-order valence-electron chi connectivity index (χ1n) is 6.50. The van der Waals surface area contributed by atoms with Gasteiger partial charge in [0.25, 0.3) is 0 Å². The van der Waals surface area contributed by atoms with Crippen LogP contribution in [0.15, 0.2) is 48.5 Å². The van der Waals surface area contributed by atoms with Gasteiger partial charge in [-0.3, -0.25) is 4.79 Å². The summed E-state index contributed by atoms with van der Waals surface area (Å²) >= 11 is 0. The minimum Gasteiger partial charge on any atom is -0.359 e. The predicted octanol–water partition coefficient (Wildman–Crippen LogP) is 3.20. The van der Waals surface area contributed by atoms with Crippen LogP contribution in [0.3, 0.4) is 0 Å². The molecule has 0 spiro atoms. The van der Waals surface area contributed by atoms with Crippen molar-refractivity contribution in [2.24, 2.45) is 0 Å². The van der Waals surface area contributed by atoms with Crippen molar-refractivity contribution < 1.29 is 4.79 Å². The summed E-state index contributed by atoms with van der Waals surface area (Å²) in [5.74, 6) is 0.215. The molecule has 2 aliphatic heterocycles. The molecule has 0 N–H and O–H groups in total. The maximum atomic E-state index is 12.2. The van der Waals surface area contributed by atoms with Crippen LogP contribution >= 0.6 is 0 Å². The van der Waals surface area contributed by atoms with Crippen molar-refractivity contribution >= 4 is 17.6 Å². The summed E-state index contributed by atoms with van der Waals surface area (Å²) in [5.41, 5.74) is 5.64. The maximum Gasteiger partial charge on any atom is 0.182 e. The van der Waals surface area contributed by atoms with Gasteiger partial charge in [0, 0.05) is 23.4 Å². The second kappa shape index (κ2) is 3.82. The molecule has 2 aromatic carbocycles. The molecule has 2 heterocycles. The van der Waals surface area contributed by atoms with Crippen molar-refractivity contribution in [2.75, 3.05) is 6.54 Å². The molecule has 0 saturated heterocycles. The van der Waals surface area contributed by atoms with E-state index in [0.29, 0.717) is 6.54 Å². The Labute approximate surface area is 112 Å². The highest BCUT2D eigenvalue weighted by molar-refractivity contribution is 6.07. The average Bonchev–Trinajstić information content (AvgIpc) is 2.46. The minimum atomic E-state index is 0.215. The van der Waals surface area contributed by atoms with Gasteiger partial charge in [-0.2, -0.15) is 0 Å². The van der Waals surface area contributed by atoms with Gasteiger partial charge in [-0.25, -0.2) is 0 Å². The predicted molar refractivity (Wildman–Crippen MR) is 75.5 cm³/mol. The zero-order chi connectivity index (χ0) is 12.8. The molecule has 2 aliphatic rings. The first-order chi connectivity index (χ1) is 9.33. The van der Waals surface area contributed by atoms with Gasteiger partial charge < -0.3 is 4.90 Å². The van der Waals surface area contributed by atoms with Gasteiger partial charge in [0.15, 0.2) is 5.78 Å². The number of hydrogen-bond acceptors (Lipinski definition) is 2. The first-order valence-corrected chi connectivity index (χ1v) is 6.50. The Hall–Kier alpha value is -2.35. The molecule has 0 bridgehead atoms. The zero-order valence-electron chi connectivity index (χ0n) is 10.5. The smallest absolute Gasteiger partial charge is 0.182 e. The van der Waals surface area contributed by atoms with Crippen LogP contribution in [0.5, 0.6) is 0 Å². The number of hydrogen-bond donors (Lipinski definition) is 0. The molecular formula is C17H13NO. The fourth-order valence-electron chi connectivity index (χ4n) is 2.95. The van der Waals surface area contributed by atoms with E-state index in [9.17, 15) is 4.79 Å². The number of carbonyl (C=O) groups is 1. The van der Waals surface area contributed by atoms with E-state index in [1.807, 2.05) is 24.3 Å². The molecule has 0 fully saturated rings. The third kappa shape index (κ3) is 1.53. The van der Waals surface area contributed by atoms with Crippen molar-refractivity contribution in [3.8, 4) is 0 Å². The van der Waals surface area contributed by atoms with E-state index in [0.717, 1.165) is 17.7 Å². The van der Waals surface area contributed by atoms with E-state index in [1.165, 1.54) is 16.8 Å². The van der Waals surface area contributed by atoms with Crippen molar-refractivity contribution in [3.63, 3.8) is 0 Å². The molecule has 0 amide bonds. The van der Waals surface area contributed by atoms with Crippen LogP contribution in [0, 0.1) is 0 Å². The third-order valence-corrected chi connectivity index (χ3v) is 3.89. The average molecular weight is 247 g/mol. The lowest BCUT2D eigenvalue weighted by Crippen LogP contribution is -2.35. The lowest BCUT2D eigenvalue weighted by atomic mass is 9.90. The summed E-state index contributed by atoms with van der Waals surface area (Å²) in [6.45, 7) is 1.30. The van der Waals surface area contributed by atoms with Crippen LogP contribution in [-0.2, 0) is 6.54 Å². The van der Waals surface area contributed by atoms with Gasteiger partial charge >= 0.3 is 0 Å². The Bertz CT molecular complexity index is 715. The standard InChI is InChI=1S/C17H13NO/c19-17-11-18-10-13-6-2-1-5-12(13)9-16(18)14-7-3-4-8-15(14)17/h1-9H,10-11H2. The summed E-state index contributed by atoms with van der Waals surface area (Å²) in [5, 5.41) is 0. The van der Waals surface area contributed by atoms with E-state index in [1.54, 1.807) is 0 Å². The minimum absolute atomic E-state index is 0.215. The summed E-state index contributed by atoms with van der Waals surface area (Å²) in [4.78, 5) is 14.4. The van der Waals surface area contributed by atoms with Gasteiger partial charge in [-0.05, 0) is 17.2 Å². The highest BCUT2D eigenvalue weighted by atomic mass is 16.1. The highest BCUT2D eigenvalue weighted by Crippen LogP contribution is 2.35. The topological polar surface area (TPSA) is 20.3 Å². The van der Waals surface area contributed by atoms with E-state index in [-0.39, 0.29) is 5.78 Å². The van der Waals surface area contributed by atoms with Crippen LogP contribution in [0.2, 0.25) is 0 Å². The molecule has 0 atom stereocenters. The van der Waals surface area contributed by atoms with Crippen LogP contribution in [0.1, 0.15) is 27.0 Å². The maximum absolute atomic E-state index is 12.2. The van der Waals surface area contributed by atoms with Gasteiger partial charge in [0.05, 0.1) is 6.54 Å². The molecule has 0 saturated carbocycles. The Balaban J connectivity index is 1.95. The van der Waals surface area contributed by atoms with Crippen LogP contribution in [0.25, 0.3) is 11.8 Å². The molecule has 2 heteroatoms. The fraction of sp³-hybridized carbons (Fsp3) is 0.118. The lowest BCUT2D eigenvalue weighted by Gasteiger charge is -2.35. The number of benzene rings is 2. The molecule has 2 aromatic rings. The van der Waals surface area contributed by atoms with Gasteiger partial charge in [0.1, 0.15) is 0 Å². The summed E-state index contributed by atoms with van der Waals surface area (Å²) in [6, 6.07) is 16.3. The van der Waals surface area contributed by atoms with E-state index < -0.39 is 0 Å². The number of Topliss-reactive ketones (excluding diaryl/α,β-unsaturated/α-hetero) is 1. The number of carbonyl (C=O) groups excluding carboxylic acids is 1. The monoisotopic (exact) mass is 247 g/mol. The normalized spacial score (nSPS) is 16.3. The number of ketones is 1. The summed E-state index contributed by atoms with van der Waals surface area (Å²) in [7, 11) is 0. The number of rotatable bonds is 0. The molecule has 92 valence electrons. The number of nitrogens with zero attached hydrogens (tertiary/aromatic N) is 1. The van der Waals surface area contributed by atoms with Crippen molar-refractivity contribution in [1.29, 1.82) is 0 Å². The van der Waals surface area contributed by atoms with Gasteiger partial charge in [0.2, 0.25) is 0 Å².